The lowest BCUT2D eigenvalue weighted by molar-refractivity contribution is 0.112. The van der Waals surface area contributed by atoms with Gasteiger partial charge in [0.2, 0.25) is 0 Å². The first-order valence-corrected chi connectivity index (χ1v) is 8.90. The highest BCUT2D eigenvalue weighted by Gasteiger charge is 2.31. The summed E-state index contributed by atoms with van der Waals surface area (Å²) in [6.07, 6.45) is 4.70. The number of rotatable bonds is 4. The molecule has 7 heteroatoms. The van der Waals surface area contributed by atoms with Crippen molar-refractivity contribution in [3.05, 3.63) is 39.6 Å². The second-order valence-corrected chi connectivity index (χ2v) is 7.04. The fourth-order valence-corrected chi connectivity index (χ4v) is 3.67. The van der Waals surface area contributed by atoms with Crippen LogP contribution in [-0.2, 0) is 6.54 Å². The van der Waals surface area contributed by atoms with Crippen LogP contribution in [0.25, 0.3) is 22.2 Å². The Morgan fingerprint density at radius 2 is 2.00 bits per heavy atom. The molecule has 128 valence electrons. The third kappa shape index (κ3) is 2.58. The van der Waals surface area contributed by atoms with E-state index in [0.29, 0.717) is 33.8 Å². The SMILES string of the molecule is CCn1ncc2c(-c3cc(Cl)c(N)c(Cl)c3)c(C=O)c(C3CC3)nc21. The highest BCUT2D eigenvalue weighted by molar-refractivity contribution is 6.39. The third-order valence-electron chi connectivity index (χ3n) is 4.60. The summed E-state index contributed by atoms with van der Waals surface area (Å²) in [4.78, 5) is 16.7. The molecular formula is C18H16Cl2N4O. The molecule has 4 rings (SSSR count). The Morgan fingerprint density at radius 1 is 1.32 bits per heavy atom. The Balaban J connectivity index is 2.11. The number of nitrogens with two attached hydrogens (primary N) is 1. The molecule has 0 unspecified atom stereocenters. The fourth-order valence-electron chi connectivity index (χ4n) is 3.18. The molecule has 0 radical (unpaired) electrons. The van der Waals surface area contributed by atoms with E-state index in [4.69, 9.17) is 33.9 Å². The molecule has 1 aliphatic carbocycles. The lowest BCUT2D eigenvalue weighted by atomic mass is 9.95. The molecule has 25 heavy (non-hydrogen) atoms. The Morgan fingerprint density at radius 3 is 2.56 bits per heavy atom. The van der Waals surface area contributed by atoms with E-state index in [9.17, 15) is 4.79 Å². The average Bonchev–Trinajstić information content (AvgIpc) is 3.37. The number of aryl methyl sites for hydroxylation is 1. The monoisotopic (exact) mass is 374 g/mol. The molecular weight excluding hydrogens is 359 g/mol. The molecule has 0 atom stereocenters. The molecule has 1 saturated carbocycles. The lowest BCUT2D eigenvalue weighted by Crippen LogP contribution is -2.04. The molecule has 5 nitrogen and oxygen atoms in total. The zero-order valence-electron chi connectivity index (χ0n) is 13.6. The van der Waals surface area contributed by atoms with Gasteiger partial charge in [-0.1, -0.05) is 23.2 Å². The van der Waals surface area contributed by atoms with Crippen LogP contribution in [-0.4, -0.2) is 21.1 Å². The average molecular weight is 375 g/mol. The predicted octanol–water partition coefficient (Wildman–Crippen LogP) is 4.70. The maximum absolute atomic E-state index is 12.0. The minimum Gasteiger partial charge on any atom is -0.396 e. The number of anilines is 1. The summed E-state index contributed by atoms with van der Waals surface area (Å²) in [7, 11) is 0. The van der Waals surface area contributed by atoms with Gasteiger partial charge < -0.3 is 5.73 Å². The van der Waals surface area contributed by atoms with Gasteiger partial charge in [-0.2, -0.15) is 5.10 Å². The van der Waals surface area contributed by atoms with Crippen molar-refractivity contribution >= 4 is 46.2 Å². The van der Waals surface area contributed by atoms with Gasteiger partial charge in [0.05, 0.1) is 27.6 Å². The molecule has 0 amide bonds. The molecule has 2 heterocycles. The van der Waals surface area contributed by atoms with Crippen LogP contribution in [0.2, 0.25) is 10.0 Å². The first-order chi connectivity index (χ1) is 12.0. The number of aldehydes is 1. The molecule has 1 aliphatic rings. The predicted molar refractivity (Wildman–Crippen MR) is 100 cm³/mol. The zero-order valence-corrected chi connectivity index (χ0v) is 15.1. The van der Waals surface area contributed by atoms with Crippen molar-refractivity contribution in [1.82, 2.24) is 14.8 Å². The van der Waals surface area contributed by atoms with Crippen LogP contribution in [0.4, 0.5) is 5.69 Å². The van der Waals surface area contributed by atoms with E-state index in [1.165, 1.54) is 0 Å². The number of nitrogen functional groups attached to an aromatic ring is 1. The van der Waals surface area contributed by atoms with Crippen molar-refractivity contribution in [1.29, 1.82) is 0 Å². The van der Waals surface area contributed by atoms with Gasteiger partial charge in [-0.15, -0.1) is 0 Å². The molecule has 0 bridgehead atoms. The van der Waals surface area contributed by atoms with Gasteiger partial charge in [0.25, 0.3) is 0 Å². The topological polar surface area (TPSA) is 73.8 Å². The summed E-state index contributed by atoms with van der Waals surface area (Å²) < 4.78 is 1.83. The van der Waals surface area contributed by atoms with E-state index in [2.05, 4.69) is 5.10 Å². The highest BCUT2D eigenvalue weighted by atomic mass is 35.5. The van der Waals surface area contributed by atoms with Crippen molar-refractivity contribution in [2.24, 2.45) is 0 Å². The van der Waals surface area contributed by atoms with E-state index >= 15 is 0 Å². The van der Waals surface area contributed by atoms with Crippen molar-refractivity contribution in [3.63, 3.8) is 0 Å². The van der Waals surface area contributed by atoms with Gasteiger partial charge in [0, 0.05) is 29.0 Å². The second kappa shape index (κ2) is 6.00. The number of pyridine rings is 1. The van der Waals surface area contributed by atoms with Gasteiger partial charge in [-0.3, -0.25) is 4.79 Å². The van der Waals surface area contributed by atoms with Crippen LogP contribution >= 0.6 is 23.2 Å². The number of hydrogen-bond acceptors (Lipinski definition) is 4. The minimum absolute atomic E-state index is 0.322. The zero-order chi connectivity index (χ0) is 17.7. The molecule has 2 N–H and O–H groups in total. The Kier molecular flexibility index (Phi) is 3.93. The number of benzene rings is 1. The number of hydrogen-bond donors (Lipinski definition) is 1. The molecule has 1 aromatic carbocycles. The molecule has 2 aromatic heterocycles. The normalized spacial score (nSPS) is 14.2. The van der Waals surface area contributed by atoms with Gasteiger partial charge >= 0.3 is 0 Å². The molecule has 1 fully saturated rings. The quantitative estimate of drug-likeness (QED) is 0.530. The van der Waals surface area contributed by atoms with Crippen molar-refractivity contribution in [2.45, 2.75) is 32.2 Å². The standard InChI is InChI=1S/C18H16Cl2N4O/c1-2-24-18-11(7-22-24)15(10-5-13(19)16(21)14(20)6-10)12(8-25)17(23-18)9-3-4-9/h5-9H,2-4,21H2,1H3. The molecule has 3 aromatic rings. The highest BCUT2D eigenvalue weighted by Crippen LogP contribution is 2.45. The summed E-state index contributed by atoms with van der Waals surface area (Å²) in [5.41, 5.74) is 9.90. The van der Waals surface area contributed by atoms with Gasteiger partial charge in [-0.05, 0) is 37.5 Å². The van der Waals surface area contributed by atoms with E-state index in [0.717, 1.165) is 47.0 Å². The van der Waals surface area contributed by atoms with Crippen LogP contribution in [0.1, 0.15) is 41.7 Å². The summed E-state index contributed by atoms with van der Waals surface area (Å²) in [6.45, 7) is 2.71. The Hall–Kier alpha value is -2.11. The summed E-state index contributed by atoms with van der Waals surface area (Å²) in [6, 6.07) is 3.48. The van der Waals surface area contributed by atoms with Gasteiger partial charge in [-0.25, -0.2) is 9.67 Å². The van der Waals surface area contributed by atoms with Crippen LogP contribution in [0.15, 0.2) is 18.3 Å². The number of halogens is 2. The fraction of sp³-hybridized carbons (Fsp3) is 0.278. The van der Waals surface area contributed by atoms with Crippen LogP contribution in [0, 0.1) is 0 Å². The summed E-state index contributed by atoms with van der Waals surface area (Å²) in [5.74, 6) is 0.322. The number of carbonyl (C=O) groups is 1. The van der Waals surface area contributed by atoms with Gasteiger partial charge in [0.15, 0.2) is 11.9 Å². The van der Waals surface area contributed by atoms with E-state index in [1.807, 2.05) is 11.6 Å². The third-order valence-corrected chi connectivity index (χ3v) is 5.23. The lowest BCUT2D eigenvalue weighted by Gasteiger charge is -2.13. The first kappa shape index (κ1) is 16.4. The number of nitrogens with zero attached hydrogens (tertiary/aromatic N) is 3. The largest absolute Gasteiger partial charge is 0.396 e. The smallest absolute Gasteiger partial charge is 0.158 e. The van der Waals surface area contributed by atoms with Gasteiger partial charge in [0.1, 0.15) is 0 Å². The van der Waals surface area contributed by atoms with E-state index < -0.39 is 0 Å². The summed E-state index contributed by atoms with van der Waals surface area (Å²) in [5, 5.41) is 5.94. The summed E-state index contributed by atoms with van der Waals surface area (Å²) >= 11 is 12.5. The first-order valence-electron chi connectivity index (χ1n) is 8.14. The Labute approximate surface area is 154 Å². The molecule has 0 spiro atoms. The van der Waals surface area contributed by atoms with Crippen LogP contribution in [0.3, 0.4) is 0 Å². The Bertz CT molecular complexity index is 985. The van der Waals surface area contributed by atoms with E-state index in [1.54, 1.807) is 18.3 Å². The number of aromatic nitrogens is 3. The maximum Gasteiger partial charge on any atom is 0.158 e. The van der Waals surface area contributed by atoms with Crippen molar-refractivity contribution in [3.8, 4) is 11.1 Å². The van der Waals surface area contributed by atoms with Crippen molar-refractivity contribution in [2.75, 3.05) is 5.73 Å². The second-order valence-electron chi connectivity index (χ2n) is 6.23. The number of fused-ring (bicyclic) bond motifs is 1. The van der Waals surface area contributed by atoms with E-state index in [-0.39, 0.29) is 0 Å². The molecule has 0 saturated heterocycles. The number of carbonyl (C=O) groups excluding carboxylic acids is 1. The van der Waals surface area contributed by atoms with Crippen LogP contribution < -0.4 is 5.73 Å². The van der Waals surface area contributed by atoms with Crippen molar-refractivity contribution < 1.29 is 4.79 Å². The minimum atomic E-state index is 0.322. The molecule has 0 aliphatic heterocycles. The maximum atomic E-state index is 12.0. The van der Waals surface area contributed by atoms with Crippen LogP contribution in [0.5, 0.6) is 0 Å².